The highest BCUT2D eigenvalue weighted by molar-refractivity contribution is 7.18. The Morgan fingerprint density at radius 2 is 2.25 bits per heavy atom. The first-order valence-electron chi connectivity index (χ1n) is 6.78. The van der Waals surface area contributed by atoms with Crippen LogP contribution in [0.2, 0.25) is 0 Å². The molecule has 2 rings (SSSR count). The molecule has 0 bridgehead atoms. The standard InChI is InChI=1S/C14H20N2O3S/c1-4-11-5-12-13(20-11)15-8-16(14(12)18)6-10(17)7-19-9(2)3/h5,8-10,17H,4,6-7H2,1-3H3. The van der Waals surface area contributed by atoms with Crippen molar-refractivity contribution in [3.8, 4) is 0 Å². The van der Waals surface area contributed by atoms with Crippen LogP contribution in [0.5, 0.6) is 0 Å². The third-order valence-electron chi connectivity index (χ3n) is 2.95. The molecule has 0 amide bonds. The highest BCUT2D eigenvalue weighted by atomic mass is 32.1. The molecule has 20 heavy (non-hydrogen) atoms. The predicted octanol–water partition coefficient (Wildman–Crippen LogP) is 1.81. The van der Waals surface area contributed by atoms with Gasteiger partial charge in [0.05, 0.1) is 37.1 Å². The number of aliphatic hydroxyl groups is 1. The normalized spacial score (nSPS) is 13.2. The van der Waals surface area contributed by atoms with Crippen LogP contribution in [0.3, 0.4) is 0 Å². The van der Waals surface area contributed by atoms with E-state index in [1.807, 2.05) is 19.9 Å². The number of ether oxygens (including phenoxy) is 1. The van der Waals surface area contributed by atoms with E-state index in [0.29, 0.717) is 5.39 Å². The minimum absolute atomic E-state index is 0.0611. The van der Waals surface area contributed by atoms with Crippen LogP contribution in [0.25, 0.3) is 10.2 Å². The van der Waals surface area contributed by atoms with Gasteiger partial charge in [0.2, 0.25) is 0 Å². The van der Waals surface area contributed by atoms with Gasteiger partial charge in [0, 0.05) is 4.88 Å². The fourth-order valence-corrected chi connectivity index (χ4v) is 2.82. The van der Waals surface area contributed by atoms with Gasteiger partial charge in [0.25, 0.3) is 5.56 Å². The summed E-state index contributed by atoms with van der Waals surface area (Å²) in [5, 5.41) is 10.5. The van der Waals surface area contributed by atoms with Gasteiger partial charge in [-0.3, -0.25) is 9.36 Å². The van der Waals surface area contributed by atoms with Crippen LogP contribution in [0, 0.1) is 0 Å². The Morgan fingerprint density at radius 1 is 1.50 bits per heavy atom. The van der Waals surface area contributed by atoms with Gasteiger partial charge < -0.3 is 9.84 Å². The molecule has 5 nitrogen and oxygen atoms in total. The molecule has 2 heterocycles. The molecule has 0 radical (unpaired) electrons. The number of fused-ring (bicyclic) bond motifs is 1. The lowest BCUT2D eigenvalue weighted by atomic mass is 10.3. The van der Waals surface area contributed by atoms with Gasteiger partial charge in [0.15, 0.2) is 0 Å². The van der Waals surface area contributed by atoms with Crippen LogP contribution < -0.4 is 5.56 Å². The summed E-state index contributed by atoms with van der Waals surface area (Å²) in [6, 6.07) is 1.89. The number of thiophene rings is 1. The van der Waals surface area contributed by atoms with Crippen molar-refractivity contribution < 1.29 is 9.84 Å². The molecule has 0 aliphatic rings. The lowest BCUT2D eigenvalue weighted by Gasteiger charge is -2.14. The molecule has 1 unspecified atom stereocenters. The zero-order valence-electron chi connectivity index (χ0n) is 12.0. The van der Waals surface area contributed by atoms with Crippen molar-refractivity contribution in [3.05, 3.63) is 27.6 Å². The minimum atomic E-state index is -0.710. The third kappa shape index (κ3) is 3.45. The second-order valence-corrected chi connectivity index (χ2v) is 6.14. The average molecular weight is 296 g/mol. The van der Waals surface area contributed by atoms with Gasteiger partial charge >= 0.3 is 0 Å². The molecule has 0 saturated carbocycles. The fraction of sp³-hybridized carbons (Fsp3) is 0.571. The number of rotatable bonds is 6. The summed E-state index contributed by atoms with van der Waals surface area (Å²) in [4.78, 5) is 18.5. The van der Waals surface area contributed by atoms with E-state index < -0.39 is 6.10 Å². The SMILES string of the molecule is CCc1cc2c(=O)n(CC(O)COC(C)C)cnc2s1. The number of aryl methyl sites for hydroxylation is 1. The molecule has 2 aromatic rings. The Morgan fingerprint density at radius 3 is 2.90 bits per heavy atom. The van der Waals surface area contributed by atoms with Gasteiger partial charge in [-0.25, -0.2) is 4.98 Å². The summed E-state index contributed by atoms with van der Waals surface area (Å²) < 4.78 is 6.79. The van der Waals surface area contributed by atoms with Crippen LogP contribution in [0.15, 0.2) is 17.2 Å². The third-order valence-corrected chi connectivity index (χ3v) is 4.13. The zero-order chi connectivity index (χ0) is 14.7. The van der Waals surface area contributed by atoms with Crippen LogP contribution in [0.4, 0.5) is 0 Å². The van der Waals surface area contributed by atoms with E-state index in [1.165, 1.54) is 10.9 Å². The van der Waals surface area contributed by atoms with Crippen molar-refractivity contribution in [1.29, 1.82) is 0 Å². The summed E-state index contributed by atoms with van der Waals surface area (Å²) >= 11 is 1.54. The molecule has 0 saturated heterocycles. The lowest BCUT2D eigenvalue weighted by Crippen LogP contribution is -2.30. The molecule has 0 fully saturated rings. The van der Waals surface area contributed by atoms with E-state index in [0.717, 1.165) is 16.1 Å². The summed E-state index contributed by atoms with van der Waals surface area (Å²) in [5.74, 6) is 0. The maximum absolute atomic E-state index is 12.3. The average Bonchev–Trinajstić information content (AvgIpc) is 2.84. The number of hydrogen-bond acceptors (Lipinski definition) is 5. The summed E-state index contributed by atoms with van der Waals surface area (Å²) in [6.45, 7) is 6.28. The van der Waals surface area contributed by atoms with E-state index in [1.54, 1.807) is 11.3 Å². The molecule has 6 heteroatoms. The first kappa shape index (κ1) is 15.2. The molecule has 0 aliphatic heterocycles. The number of aliphatic hydroxyl groups excluding tert-OH is 1. The Kier molecular flexibility index (Phi) is 4.91. The number of aromatic nitrogens is 2. The van der Waals surface area contributed by atoms with Crippen molar-refractivity contribution in [1.82, 2.24) is 9.55 Å². The van der Waals surface area contributed by atoms with E-state index in [4.69, 9.17) is 4.74 Å². The van der Waals surface area contributed by atoms with E-state index >= 15 is 0 Å². The summed E-state index contributed by atoms with van der Waals surface area (Å²) in [7, 11) is 0. The Bertz CT molecular complexity index is 633. The molecular weight excluding hydrogens is 276 g/mol. The van der Waals surface area contributed by atoms with Crippen molar-refractivity contribution in [2.24, 2.45) is 0 Å². The largest absolute Gasteiger partial charge is 0.389 e. The number of hydrogen-bond donors (Lipinski definition) is 1. The highest BCUT2D eigenvalue weighted by Gasteiger charge is 2.12. The summed E-state index contributed by atoms with van der Waals surface area (Å²) in [5.41, 5.74) is -0.102. The van der Waals surface area contributed by atoms with E-state index in [2.05, 4.69) is 11.9 Å². The second kappa shape index (κ2) is 6.47. The van der Waals surface area contributed by atoms with Gasteiger partial charge in [0.1, 0.15) is 4.83 Å². The van der Waals surface area contributed by atoms with Gasteiger partial charge in [-0.15, -0.1) is 11.3 Å². The number of nitrogens with zero attached hydrogens (tertiary/aromatic N) is 2. The lowest BCUT2D eigenvalue weighted by molar-refractivity contribution is -0.00111. The van der Waals surface area contributed by atoms with Crippen molar-refractivity contribution in [2.75, 3.05) is 6.61 Å². The summed E-state index contributed by atoms with van der Waals surface area (Å²) in [6.07, 6.45) is 1.74. The molecule has 1 N–H and O–H groups in total. The molecule has 110 valence electrons. The van der Waals surface area contributed by atoms with Crippen LogP contribution in [-0.2, 0) is 17.7 Å². The van der Waals surface area contributed by atoms with Gasteiger partial charge in [-0.05, 0) is 26.3 Å². The monoisotopic (exact) mass is 296 g/mol. The molecule has 2 aromatic heterocycles. The van der Waals surface area contributed by atoms with E-state index in [-0.39, 0.29) is 24.8 Å². The topological polar surface area (TPSA) is 64.4 Å². The zero-order valence-corrected chi connectivity index (χ0v) is 12.8. The minimum Gasteiger partial charge on any atom is -0.389 e. The van der Waals surface area contributed by atoms with Gasteiger partial charge in [-0.1, -0.05) is 6.92 Å². The van der Waals surface area contributed by atoms with Crippen molar-refractivity contribution in [2.45, 2.75) is 45.9 Å². The Balaban J connectivity index is 2.18. The Labute approximate surface area is 121 Å². The van der Waals surface area contributed by atoms with Crippen LogP contribution >= 0.6 is 11.3 Å². The smallest absolute Gasteiger partial charge is 0.262 e. The molecule has 0 spiro atoms. The van der Waals surface area contributed by atoms with Crippen molar-refractivity contribution in [3.63, 3.8) is 0 Å². The molecule has 1 atom stereocenters. The second-order valence-electron chi connectivity index (χ2n) is 5.02. The maximum Gasteiger partial charge on any atom is 0.262 e. The molecule has 0 aliphatic carbocycles. The highest BCUT2D eigenvalue weighted by Crippen LogP contribution is 2.20. The quantitative estimate of drug-likeness (QED) is 0.883. The van der Waals surface area contributed by atoms with Crippen molar-refractivity contribution >= 4 is 21.6 Å². The molecule has 0 aromatic carbocycles. The van der Waals surface area contributed by atoms with E-state index in [9.17, 15) is 9.90 Å². The first-order valence-corrected chi connectivity index (χ1v) is 7.60. The van der Waals surface area contributed by atoms with Crippen LogP contribution in [0.1, 0.15) is 25.6 Å². The van der Waals surface area contributed by atoms with Gasteiger partial charge in [-0.2, -0.15) is 0 Å². The predicted molar refractivity (Wildman–Crippen MR) is 80.4 cm³/mol. The molecular formula is C14H20N2O3S. The first-order chi connectivity index (χ1) is 9.51. The Hall–Kier alpha value is -1.24. The fourth-order valence-electron chi connectivity index (χ4n) is 1.90. The van der Waals surface area contributed by atoms with Crippen LogP contribution in [-0.4, -0.2) is 33.5 Å². The maximum atomic E-state index is 12.3.